The van der Waals surface area contributed by atoms with Gasteiger partial charge in [0.15, 0.2) is 0 Å². The van der Waals surface area contributed by atoms with Crippen LogP contribution in [0.5, 0.6) is 5.75 Å². The van der Waals surface area contributed by atoms with Crippen LogP contribution in [0.2, 0.25) is 0 Å². The van der Waals surface area contributed by atoms with Crippen molar-refractivity contribution in [1.82, 2.24) is 9.88 Å². The maximum Gasteiger partial charge on any atom is 0.121 e. The summed E-state index contributed by atoms with van der Waals surface area (Å²) in [7, 11) is 1.70. The summed E-state index contributed by atoms with van der Waals surface area (Å²) in [6.07, 6.45) is 1.86. The van der Waals surface area contributed by atoms with Gasteiger partial charge in [-0.1, -0.05) is 13.8 Å². The first-order valence-electron chi connectivity index (χ1n) is 7.59. The van der Waals surface area contributed by atoms with Crippen molar-refractivity contribution in [2.45, 2.75) is 20.8 Å². The zero-order chi connectivity index (χ0) is 15.2. The highest BCUT2D eigenvalue weighted by Crippen LogP contribution is 2.29. The van der Waals surface area contributed by atoms with Gasteiger partial charge in [-0.2, -0.15) is 0 Å². The molecule has 2 rings (SSSR count). The molecule has 0 atom stereocenters. The van der Waals surface area contributed by atoms with Crippen molar-refractivity contribution in [3.05, 3.63) is 30.0 Å². The number of nitrogens with zero attached hydrogens (tertiary/aromatic N) is 2. The molecule has 0 radical (unpaired) electrons. The number of methoxy groups -OCH3 is 1. The Labute approximate surface area is 151 Å². The number of benzene rings is 1. The van der Waals surface area contributed by atoms with Crippen LogP contribution in [0.4, 0.5) is 5.69 Å². The first-order chi connectivity index (χ1) is 10.2. The van der Waals surface area contributed by atoms with Gasteiger partial charge in [-0.15, -0.1) is 24.8 Å². The zero-order valence-electron chi connectivity index (χ0n) is 14.3. The number of anilines is 1. The van der Waals surface area contributed by atoms with Crippen LogP contribution >= 0.6 is 24.8 Å². The molecule has 1 heterocycles. The van der Waals surface area contributed by atoms with Gasteiger partial charge < -0.3 is 15.0 Å². The molecule has 0 aliphatic heterocycles. The topological polar surface area (TPSA) is 37.4 Å². The van der Waals surface area contributed by atoms with Crippen LogP contribution < -0.4 is 10.1 Å². The van der Waals surface area contributed by atoms with Crippen molar-refractivity contribution >= 4 is 41.4 Å². The minimum atomic E-state index is 0. The Kier molecular flexibility index (Phi) is 9.96. The number of fused-ring (bicyclic) bond motifs is 1. The lowest BCUT2D eigenvalue weighted by atomic mass is 10.1. The predicted octanol–water partition coefficient (Wildman–Crippen LogP) is 4.15. The Morgan fingerprint density at radius 1 is 1.17 bits per heavy atom. The fourth-order valence-electron chi connectivity index (χ4n) is 2.50. The average molecular weight is 360 g/mol. The quantitative estimate of drug-likeness (QED) is 0.805. The van der Waals surface area contributed by atoms with Gasteiger partial charge in [0, 0.05) is 30.7 Å². The second-order valence-corrected chi connectivity index (χ2v) is 5.15. The molecular weight excluding hydrogens is 333 g/mol. The van der Waals surface area contributed by atoms with Crippen LogP contribution in [0.15, 0.2) is 24.4 Å². The Balaban J connectivity index is 0.00000242. The fraction of sp³-hybridized carbons (Fsp3) is 0.471. The zero-order valence-corrected chi connectivity index (χ0v) is 15.9. The van der Waals surface area contributed by atoms with Gasteiger partial charge >= 0.3 is 0 Å². The summed E-state index contributed by atoms with van der Waals surface area (Å²) in [6.45, 7) is 10.6. The number of likely N-dealkylation sites (N-methyl/N-ethyl adjacent to an activating group) is 1. The van der Waals surface area contributed by atoms with E-state index in [2.05, 4.69) is 36.0 Å². The van der Waals surface area contributed by atoms with Gasteiger partial charge in [0.1, 0.15) is 5.75 Å². The molecule has 1 aromatic heterocycles. The smallest absolute Gasteiger partial charge is 0.121 e. The van der Waals surface area contributed by atoms with E-state index in [9.17, 15) is 0 Å². The van der Waals surface area contributed by atoms with E-state index in [1.807, 2.05) is 24.4 Å². The molecule has 0 spiro atoms. The summed E-state index contributed by atoms with van der Waals surface area (Å²) < 4.78 is 5.41. The third-order valence-corrected chi connectivity index (χ3v) is 3.91. The van der Waals surface area contributed by atoms with Crippen molar-refractivity contribution in [2.24, 2.45) is 0 Å². The largest absolute Gasteiger partial charge is 0.497 e. The number of nitrogens with one attached hydrogen (secondary N) is 1. The molecule has 0 aliphatic rings. The first-order valence-corrected chi connectivity index (χ1v) is 7.59. The number of ether oxygens (including phenoxy) is 1. The Morgan fingerprint density at radius 2 is 1.87 bits per heavy atom. The van der Waals surface area contributed by atoms with E-state index in [0.29, 0.717) is 0 Å². The molecule has 130 valence electrons. The average Bonchev–Trinajstić information content (AvgIpc) is 2.52. The van der Waals surface area contributed by atoms with Crippen molar-refractivity contribution < 1.29 is 4.74 Å². The van der Waals surface area contributed by atoms with Gasteiger partial charge in [0.2, 0.25) is 0 Å². The van der Waals surface area contributed by atoms with Crippen LogP contribution in [0.3, 0.4) is 0 Å². The SMILES string of the molecule is CCN(CC)CCNc1cc(OC)cc2c(C)ccnc12.Cl.Cl. The molecular formula is C17H27Cl2N3O. The summed E-state index contributed by atoms with van der Waals surface area (Å²) >= 11 is 0. The van der Waals surface area contributed by atoms with Crippen molar-refractivity contribution in [1.29, 1.82) is 0 Å². The molecule has 0 bridgehead atoms. The molecule has 0 saturated carbocycles. The number of aryl methyl sites for hydroxylation is 1. The lowest BCUT2D eigenvalue weighted by Gasteiger charge is -2.19. The lowest BCUT2D eigenvalue weighted by Crippen LogP contribution is -2.28. The van der Waals surface area contributed by atoms with Crippen LogP contribution in [0, 0.1) is 6.92 Å². The van der Waals surface area contributed by atoms with Crippen molar-refractivity contribution in [3.63, 3.8) is 0 Å². The van der Waals surface area contributed by atoms with Gasteiger partial charge in [0.05, 0.1) is 18.3 Å². The monoisotopic (exact) mass is 359 g/mol. The second kappa shape index (κ2) is 10.5. The Bertz CT molecular complexity index is 604. The van der Waals surface area contributed by atoms with Crippen molar-refractivity contribution in [3.8, 4) is 5.75 Å². The third-order valence-electron chi connectivity index (χ3n) is 3.91. The Morgan fingerprint density at radius 3 is 2.48 bits per heavy atom. The highest BCUT2D eigenvalue weighted by atomic mass is 35.5. The highest BCUT2D eigenvalue weighted by Gasteiger charge is 2.08. The number of halogens is 2. The first kappa shape index (κ1) is 21.8. The predicted molar refractivity (Wildman–Crippen MR) is 104 cm³/mol. The molecule has 0 unspecified atom stereocenters. The minimum absolute atomic E-state index is 0. The third kappa shape index (κ3) is 5.41. The highest BCUT2D eigenvalue weighted by molar-refractivity contribution is 5.93. The van der Waals surface area contributed by atoms with E-state index in [0.717, 1.165) is 48.5 Å². The summed E-state index contributed by atoms with van der Waals surface area (Å²) in [5.41, 5.74) is 3.27. The second-order valence-electron chi connectivity index (χ2n) is 5.15. The summed E-state index contributed by atoms with van der Waals surface area (Å²) in [5, 5.41) is 4.65. The maximum absolute atomic E-state index is 5.41. The van der Waals surface area contributed by atoms with E-state index >= 15 is 0 Å². The number of aromatic nitrogens is 1. The summed E-state index contributed by atoms with van der Waals surface area (Å²) in [6, 6.07) is 6.10. The van der Waals surface area contributed by atoms with Crippen molar-refractivity contribution in [2.75, 3.05) is 38.6 Å². The number of pyridine rings is 1. The lowest BCUT2D eigenvalue weighted by molar-refractivity contribution is 0.316. The van der Waals surface area contributed by atoms with E-state index in [4.69, 9.17) is 4.74 Å². The molecule has 0 aliphatic carbocycles. The van der Waals surface area contributed by atoms with Gasteiger partial charge in [-0.3, -0.25) is 4.98 Å². The standard InChI is InChI=1S/C17H25N3O.2ClH/c1-5-20(6-2)10-9-18-16-12-14(21-4)11-15-13(3)7-8-19-17(15)16;;/h7-8,11-12,18H,5-6,9-10H2,1-4H3;2*1H. The summed E-state index contributed by atoms with van der Waals surface area (Å²) in [5.74, 6) is 0.865. The minimum Gasteiger partial charge on any atom is -0.497 e. The number of rotatable bonds is 7. The van der Waals surface area contributed by atoms with Crippen LogP contribution in [-0.2, 0) is 0 Å². The van der Waals surface area contributed by atoms with E-state index < -0.39 is 0 Å². The maximum atomic E-state index is 5.41. The molecule has 2 aromatic rings. The van der Waals surface area contributed by atoms with E-state index in [-0.39, 0.29) is 24.8 Å². The van der Waals surface area contributed by atoms with Crippen LogP contribution in [0.1, 0.15) is 19.4 Å². The number of hydrogen-bond donors (Lipinski definition) is 1. The molecule has 1 N–H and O–H groups in total. The molecule has 0 saturated heterocycles. The normalized spacial score (nSPS) is 10.1. The van der Waals surface area contributed by atoms with Gasteiger partial charge in [-0.05, 0) is 37.7 Å². The Hall–Kier alpha value is -1.23. The molecule has 6 heteroatoms. The number of hydrogen-bond acceptors (Lipinski definition) is 4. The van der Waals surface area contributed by atoms with Crippen LogP contribution in [-0.4, -0.2) is 43.2 Å². The van der Waals surface area contributed by atoms with E-state index in [1.54, 1.807) is 7.11 Å². The molecule has 1 aromatic carbocycles. The molecule has 4 nitrogen and oxygen atoms in total. The summed E-state index contributed by atoms with van der Waals surface area (Å²) in [4.78, 5) is 6.92. The van der Waals surface area contributed by atoms with E-state index in [1.165, 1.54) is 5.56 Å². The van der Waals surface area contributed by atoms with Crippen LogP contribution in [0.25, 0.3) is 10.9 Å². The molecule has 23 heavy (non-hydrogen) atoms. The molecule has 0 fully saturated rings. The fourth-order valence-corrected chi connectivity index (χ4v) is 2.50. The molecule has 0 amide bonds. The van der Waals surface area contributed by atoms with Gasteiger partial charge in [-0.25, -0.2) is 0 Å². The van der Waals surface area contributed by atoms with Gasteiger partial charge in [0.25, 0.3) is 0 Å².